The molecule has 5 heteroatoms. The third-order valence-electron chi connectivity index (χ3n) is 7.91. The van der Waals surface area contributed by atoms with Gasteiger partial charge in [-0.1, -0.05) is 142 Å². The number of aryl methyl sites for hydroxylation is 1. The zero-order valence-electron chi connectivity index (χ0n) is 25.8. The standard InChI is InChI=1S/C34H61O4P/c1-4-7-10-13-16-19-22-25-31-28-29-34(38-39(36)37-30-35)33(27-24-21-18-15-12-9-6-3)32(31)26-23-20-17-14-11-8-5-2/h28-30,36H,4-27H2,1-3H3. The van der Waals surface area contributed by atoms with Crippen molar-refractivity contribution in [1.29, 1.82) is 0 Å². The van der Waals surface area contributed by atoms with Crippen LogP contribution in [-0.4, -0.2) is 11.4 Å². The van der Waals surface area contributed by atoms with Crippen LogP contribution in [0.3, 0.4) is 0 Å². The lowest BCUT2D eigenvalue weighted by Gasteiger charge is -2.20. The van der Waals surface area contributed by atoms with E-state index in [1.54, 1.807) is 0 Å². The third kappa shape index (κ3) is 18.0. The van der Waals surface area contributed by atoms with E-state index in [1.807, 2.05) is 6.07 Å². The van der Waals surface area contributed by atoms with Crippen molar-refractivity contribution in [2.45, 2.75) is 175 Å². The van der Waals surface area contributed by atoms with Crippen molar-refractivity contribution in [3.63, 3.8) is 0 Å². The molecule has 0 aliphatic carbocycles. The van der Waals surface area contributed by atoms with Gasteiger partial charge in [0.1, 0.15) is 5.75 Å². The van der Waals surface area contributed by atoms with Gasteiger partial charge in [-0.05, 0) is 61.3 Å². The monoisotopic (exact) mass is 564 g/mol. The molecule has 0 heterocycles. The average Bonchev–Trinajstić information content (AvgIpc) is 2.93. The van der Waals surface area contributed by atoms with Gasteiger partial charge < -0.3 is 13.9 Å². The molecule has 226 valence electrons. The highest BCUT2D eigenvalue weighted by Gasteiger charge is 2.18. The van der Waals surface area contributed by atoms with Crippen LogP contribution in [0.2, 0.25) is 0 Å². The third-order valence-corrected chi connectivity index (χ3v) is 8.52. The van der Waals surface area contributed by atoms with Crippen LogP contribution in [0.5, 0.6) is 5.75 Å². The quantitative estimate of drug-likeness (QED) is 0.0625. The van der Waals surface area contributed by atoms with E-state index in [0.29, 0.717) is 5.75 Å². The first-order valence-corrected chi connectivity index (χ1v) is 17.7. The lowest BCUT2D eigenvalue weighted by Crippen LogP contribution is -2.05. The molecule has 1 atom stereocenters. The first-order chi connectivity index (χ1) is 19.2. The molecule has 0 fully saturated rings. The van der Waals surface area contributed by atoms with Crippen molar-refractivity contribution in [3.05, 3.63) is 28.8 Å². The summed E-state index contributed by atoms with van der Waals surface area (Å²) in [5, 5.41) is 0. The predicted molar refractivity (Wildman–Crippen MR) is 168 cm³/mol. The number of benzene rings is 1. The number of rotatable bonds is 28. The first kappa shape index (κ1) is 35.9. The molecule has 1 N–H and O–H groups in total. The SMILES string of the molecule is CCCCCCCCCc1ccc(OP(O)OC=O)c(CCCCCCCCC)c1CCCCCCCCC. The van der Waals surface area contributed by atoms with Crippen molar-refractivity contribution < 1.29 is 18.7 Å². The fourth-order valence-electron chi connectivity index (χ4n) is 5.56. The van der Waals surface area contributed by atoms with Crippen molar-refractivity contribution >= 4 is 15.1 Å². The Morgan fingerprint density at radius 2 is 1.00 bits per heavy atom. The summed E-state index contributed by atoms with van der Waals surface area (Å²) in [6, 6.07) is 4.22. The topological polar surface area (TPSA) is 55.8 Å². The molecule has 1 unspecified atom stereocenters. The van der Waals surface area contributed by atoms with Crippen LogP contribution < -0.4 is 4.52 Å². The number of hydrogen-bond donors (Lipinski definition) is 1. The Kier molecular flexibility index (Phi) is 23.8. The highest BCUT2D eigenvalue weighted by molar-refractivity contribution is 7.41. The van der Waals surface area contributed by atoms with E-state index in [0.717, 1.165) is 25.7 Å². The number of carbonyl (C=O) groups excluding carboxylic acids is 1. The van der Waals surface area contributed by atoms with Gasteiger partial charge in [0.05, 0.1) is 0 Å². The molecule has 0 aromatic heterocycles. The van der Waals surface area contributed by atoms with Gasteiger partial charge in [-0.15, -0.1) is 0 Å². The maximum absolute atomic E-state index is 10.8. The van der Waals surface area contributed by atoms with Crippen LogP contribution in [0.4, 0.5) is 0 Å². The Labute approximate surface area is 243 Å². The second-order valence-corrected chi connectivity index (χ2v) is 12.2. The average molecular weight is 565 g/mol. The molecular weight excluding hydrogens is 503 g/mol. The lowest BCUT2D eigenvalue weighted by atomic mass is 9.89. The maximum atomic E-state index is 10.8. The Bertz CT molecular complexity index is 709. The van der Waals surface area contributed by atoms with E-state index in [-0.39, 0.29) is 6.47 Å². The Morgan fingerprint density at radius 3 is 1.46 bits per heavy atom. The van der Waals surface area contributed by atoms with Crippen LogP contribution >= 0.6 is 8.60 Å². The van der Waals surface area contributed by atoms with Crippen molar-refractivity contribution in [3.8, 4) is 5.75 Å². The molecule has 0 radical (unpaired) electrons. The molecule has 0 saturated carbocycles. The first-order valence-electron chi connectivity index (χ1n) is 16.6. The lowest BCUT2D eigenvalue weighted by molar-refractivity contribution is -0.121. The van der Waals surface area contributed by atoms with Gasteiger partial charge in [0.25, 0.3) is 6.47 Å². The van der Waals surface area contributed by atoms with Gasteiger partial charge in [-0.3, -0.25) is 4.79 Å². The Balaban J connectivity index is 2.94. The zero-order chi connectivity index (χ0) is 28.4. The van der Waals surface area contributed by atoms with E-state index in [4.69, 9.17) is 9.05 Å². The molecule has 0 aliphatic rings. The summed E-state index contributed by atoms with van der Waals surface area (Å²) in [7, 11) is -2.24. The predicted octanol–water partition coefficient (Wildman–Crippen LogP) is 11.3. The molecule has 0 bridgehead atoms. The summed E-state index contributed by atoms with van der Waals surface area (Å²) < 4.78 is 10.5. The minimum Gasteiger partial charge on any atom is -0.418 e. The molecule has 39 heavy (non-hydrogen) atoms. The summed E-state index contributed by atoms with van der Waals surface area (Å²) in [5.41, 5.74) is 4.14. The van der Waals surface area contributed by atoms with Crippen LogP contribution in [0.1, 0.15) is 172 Å². The number of carbonyl (C=O) groups is 1. The van der Waals surface area contributed by atoms with Gasteiger partial charge in [0.2, 0.25) is 0 Å². The van der Waals surface area contributed by atoms with E-state index in [1.165, 1.54) is 145 Å². The van der Waals surface area contributed by atoms with Crippen LogP contribution in [-0.2, 0) is 28.6 Å². The molecule has 4 nitrogen and oxygen atoms in total. The van der Waals surface area contributed by atoms with Crippen molar-refractivity contribution in [2.75, 3.05) is 0 Å². The maximum Gasteiger partial charge on any atom is 0.462 e. The van der Waals surface area contributed by atoms with Gasteiger partial charge >= 0.3 is 8.60 Å². The van der Waals surface area contributed by atoms with Gasteiger partial charge in [0, 0.05) is 0 Å². The molecule has 0 aliphatic heterocycles. The Hall–Kier alpha value is -1.12. The normalized spacial score (nSPS) is 12.0. The highest BCUT2D eigenvalue weighted by atomic mass is 31.2. The second-order valence-electron chi connectivity index (χ2n) is 11.3. The molecule has 1 aromatic carbocycles. The van der Waals surface area contributed by atoms with Crippen LogP contribution in [0, 0.1) is 0 Å². The van der Waals surface area contributed by atoms with Crippen LogP contribution in [0.25, 0.3) is 0 Å². The summed E-state index contributed by atoms with van der Waals surface area (Å²) in [4.78, 5) is 20.9. The van der Waals surface area contributed by atoms with Gasteiger partial charge in [0.15, 0.2) is 0 Å². The molecular formula is C34H61O4P. The summed E-state index contributed by atoms with van der Waals surface area (Å²) in [5.74, 6) is 0.706. The summed E-state index contributed by atoms with van der Waals surface area (Å²) in [6.07, 6.45) is 30.4. The van der Waals surface area contributed by atoms with E-state index >= 15 is 0 Å². The van der Waals surface area contributed by atoms with E-state index < -0.39 is 8.60 Å². The fourth-order valence-corrected chi connectivity index (χ4v) is 6.01. The number of unbranched alkanes of at least 4 members (excludes halogenated alkanes) is 18. The summed E-state index contributed by atoms with van der Waals surface area (Å²) >= 11 is 0. The van der Waals surface area contributed by atoms with Gasteiger partial charge in [-0.25, -0.2) is 0 Å². The summed E-state index contributed by atoms with van der Waals surface area (Å²) in [6.45, 7) is 7.08. The molecule has 0 saturated heterocycles. The molecule has 0 spiro atoms. The van der Waals surface area contributed by atoms with Crippen molar-refractivity contribution in [1.82, 2.24) is 0 Å². The van der Waals surface area contributed by atoms with E-state index in [9.17, 15) is 9.69 Å². The smallest absolute Gasteiger partial charge is 0.418 e. The minimum absolute atomic E-state index is 0.274. The Morgan fingerprint density at radius 1 is 0.590 bits per heavy atom. The zero-order valence-corrected chi connectivity index (χ0v) is 26.7. The largest absolute Gasteiger partial charge is 0.462 e. The minimum atomic E-state index is -2.24. The van der Waals surface area contributed by atoms with Crippen molar-refractivity contribution in [2.24, 2.45) is 0 Å². The molecule has 1 aromatic rings. The van der Waals surface area contributed by atoms with Gasteiger partial charge in [-0.2, -0.15) is 0 Å². The van der Waals surface area contributed by atoms with Crippen LogP contribution in [0.15, 0.2) is 12.1 Å². The highest BCUT2D eigenvalue weighted by Crippen LogP contribution is 2.39. The second kappa shape index (κ2) is 25.8. The van der Waals surface area contributed by atoms with E-state index in [2.05, 4.69) is 26.8 Å². The fraction of sp³-hybridized carbons (Fsp3) is 0.794. The molecule has 1 rings (SSSR count). The number of hydrogen-bond acceptors (Lipinski definition) is 4. The molecule has 0 amide bonds.